The first kappa shape index (κ1) is 13.0. The molecule has 0 aromatic heterocycles. The minimum Gasteiger partial charge on any atom is -0.493 e. The highest BCUT2D eigenvalue weighted by molar-refractivity contribution is 5.46. The Morgan fingerprint density at radius 1 is 1.00 bits per heavy atom. The zero-order valence-electron chi connectivity index (χ0n) is 10.7. The van der Waals surface area contributed by atoms with Gasteiger partial charge in [0.2, 0.25) is 0 Å². The van der Waals surface area contributed by atoms with Gasteiger partial charge in [0.25, 0.3) is 0 Å². The lowest BCUT2D eigenvalue weighted by molar-refractivity contribution is -0.137. The van der Waals surface area contributed by atoms with E-state index in [1.807, 2.05) is 30.3 Å². The minimum atomic E-state index is -4.33. The van der Waals surface area contributed by atoms with Crippen LogP contribution in [0, 0.1) is 0 Å². The van der Waals surface area contributed by atoms with E-state index in [0.29, 0.717) is 24.3 Å². The Balaban J connectivity index is 2.07. The number of benzene rings is 2. The van der Waals surface area contributed by atoms with Gasteiger partial charge in [-0.2, -0.15) is 13.2 Å². The van der Waals surface area contributed by atoms with E-state index in [1.165, 1.54) is 12.1 Å². The van der Waals surface area contributed by atoms with E-state index in [-0.39, 0.29) is 5.92 Å². The van der Waals surface area contributed by atoms with Crippen molar-refractivity contribution in [3.8, 4) is 5.75 Å². The molecular weight excluding hydrogens is 265 g/mol. The standard InChI is InChI=1S/C16H13F3O/c17-16(18,19)12-6-7-15-14(10-12)13(8-9-20-15)11-4-2-1-3-5-11/h1-7,10,13H,8-9H2. The fourth-order valence-electron chi connectivity index (χ4n) is 2.60. The average molecular weight is 278 g/mol. The molecule has 2 aromatic carbocycles. The summed E-state index contributed by atoms with van der Waals surface area (Å²) in [5.41, 5.74) is 1.02. The third-order valence-electron chi connectivity index (χ3n) is 3.58. The topological polar surface area (TPSA) is 9.23 Å². The van der Waals surface area contributed by atoms with Crippen LogP contribution in [0.1, 0.15) is 29.0 Å². The molecule has 3 rings (SSSR count). The van der Waals surface area contributed by atoms with Crippen LogP contribution in [0.5, 0.6) is 5.75 Å². The second-order valence-electron chi connectivity index (χ2n) is 4.85. The molecule has 1 aliphatic rings. The van der Waals surface area contributed by atoms with Crippen molar-refractivity contribution in [2.45, 2.75) is 18.5 Å². The van der Waals surface area contributed by atoms with E-state index in [0.717, 1.165) is 11.6 Å². The molecule has 0 amide bonds. The quantitative estimate of drug-likeness (QED) is 0.739. The molecule has 4 heteroatoms. The number of halogens is 3. The van der Waals surface area contributed by atoms with Crippen LogP contribution >= 0.6 is 0 Å². The maximum Gasteiger partial charge on any atom is 0.416 e. The Bertz CT molecular complexity index is 605. The van der Waals surface area contributed by atoms with Gasteiger partial charge in [0, 0.05) is 11.5 Å². The summed E-state index contributed by atoms with van der Waals surface area (Å²) in [7, 11) is 0. The molecule has 1 unspecified atom stereocenters. The molecule has 0 spiro atoms. The van der Waals surface area contributed by atoms with Crippen molar-refractivity contribution in [2.24, 2.45) is 0 Å². The molecule has 0 bridgehead atoms. The third-order valence-corrected chi connectivity index (χ3v) is 3.58. The van der Waals surface area contributed by atoms with Crippen LogP contribution in [0.15, 0.2) is 48.5 Å². The maximum atomic E-state index is 12.8. The van der Waals surface area contributed by atoms with Gasteiger partial charge in [0.1, 0.15) is 5.75 Å². The van der Waals surface area contributed by atoms with Gasteiger partial charge in [0.05, 0.1) is 12.2 Å². The highest BCUT2D eigenvalue weighted by Gasteiger charge is 2.33. The van der Waals surface area contributed by atoms with Crippen LogP contribution in [-0.4, -0.2) is 6.61 Å². The summed E-state index contributed by atoms with van der Waals surface area (Å²) >= 11 is 0. The zero-order chi connectivity index (χ0) is 14.2. The summed E-state index contributed by atoms with van der Waals surface area (Å²) in [4.78, 5) is 0. The molecule has 0 saturated carbocycles. The Morgan fingerprint density at radius 3 is 2.45 bits per heavy atom. The lowest BCUT2D eigenvalue weighted by atomic mass is 9.86. The molecule has 1 nitrogen and oxygen atoms in total. The first-order valence-corrected chi connectivity index (χ1v) is 6.44. The van der Waals surface area contributed by atoms with E-state index in [4.69, 9.17) is 4.74 Å². The smallest absolute Gasteiger partial charge is 0.416 e. The third kappa shape index (κ3) is 2.38. The van der Waals surface area contributed by atoms with Gasteiger partial charge in [-0.1, -0.05) is 30.3 Å². The van der Waals surface area contributed by atoms with Crippen molar-refractivity contribution in [1.82, 2.24) is 0 Å². The van der Waals surface area contributed by atoms with Gasteiger partial charge in [-0.15, -0.1) is 0 Å². The van der Waals surface area contributed by atoms with Crippen molar-refractivity contribution in [1.29, 1.82) is 0 Å². The van der Waals surface area contributed by atoms with E-state index in [9.17, 15) is 13.2 Å². The van der Waals surface area contributed by atoms with Crippen molar-refractivity contribution in [2.75, 3.05) is 6.61 Å². The second kappa shape index (κ2) is 4.85. The van der Waals surface area contributed by atoms with Crippen LogP contribution in [0.3, 0.4) is 0 Å². The van der Waals surface area contributed by atoms with Gasteiger partial charge in [-0.05, 0) is 30.2 Å². The number of fused-ring (bicyclic) bond motifs is 1. The Labute approximate surface area is 115 Å². The zero-order valence-corrected chi connectivity index (χ0v) is 10.7. The van der Waals surface area contributed by atoms with Crippen LogP contribution in [0.4, 0.5) is 13.2 Å². The number of ether oxygens (including phenoxy) is 1. The SMILES string of the molecule is FC(F)(F)c1ccc2c(c1)C(c1ccccc1)CCO2. The van der Waals surface area contributed by atoms with Crippen LogP contribution in [0.25, 0.3) is 0 Å². The predicted molar refractivity (Wildman–Crippen MR) is 69.8 cm³/mol. The highest BCUT2D eigenvalue weighted by atomic mass is 19.4. The average Bonchev–Trinajstić information content (AvgIpc) is 2.46. The Kier molecular flexibility index (Phi) is 3.16. The number of rotatable bonds is 1. The molecule has 0 fully saturated rings. The molecule has 20 heavy (non-hydrogen) atoms. The van der Waals surface area contributed by atoms with Gasteiger partial charge < -0.3 is 4.74 Å². The highest BCUT2D eigenvalue weighted by Crippen LogP contribution is 2.41. The monoisotopic (exact) mass is 278 g/mol. The number of hydrogen-bond donors (Lipinski definition) is 0. The fourth-order valence-corrected chi connectivity index (χ4v) is 2.60. The van der Waals surface area contributed by atoms with E-state index in [2.05, 4.69) is 0 Å². The first-order chi connectivity index (χ1) is 9.55. The molecule has 0 radical (unpaired) electrons. The van der Waals surface area contributed by atoms with Crippen molar-refractivity contribution < 1.29 is 17.9 Å². The summed E-state index contributed by atoms with van der Waals surface area (Å²) in [5, 5.41) is 0. The van der Waals surface area contributed by atoms with E-state index < -0.39 is 11.7 Å². The van der Waals surface area contributed by atoms with Crippen molar-refractivity contribution >= 4 is 0 Å². The molecule has 104 valence electrons. The Hall–Kier alpha value is -1.97. The van der Waals surface area contributed by atoms with E-state index in [1.54, 1.807) is 0 Å². The molecule has 0 N–H and O–H groups in total. The van der Waals surface area contributed by atoms with Crippen molar-refractivity contribution in [3.63, 3.8) is 0 Å². The van der Waals surface area contributed by atoms with Gasteiger partial charge in [-0.3, -0.25) is 0 Å². The minimum absolute atomic E-state index is 0.0396. The summed E-state index contributed by atoms with van der Waals surface area (Å²) in [6, 6.07) is 13.3. The molecule has 1 atom stereocenters. The molecule has 0 saturated heterocycles. The van der Waals surface area contributed by atoms with Gasteiger partial charge >= 0.3 is 6.18 Å². The van der Waals surface area contributed by atoms with Gasteiger partial charge in [-0.25, -0.2) is 0 Å². The van der Waals surface area contributed by atoms with Crippen LogP contribution in [-0.2, 0) is 6.18 Å². The van der Waals surface area contributed by atoms with Gasteiger partial charge in [0.15, 0.2) is 0 Å². The van der Waals surface area contributed by atoms with Crippen LogP contribution in [0.2, 0.25) is 0 Å². The number of alkyl halides is 3. The number of hydrogen-bond acceptors (Lipinski definition) is 1. The molecule has 1 aliphatic heterocycles. The van der Waals surface area contributed by atoms with Crippen LogP contribution < -0.4 is 4.74 Å². The first-order valence-electron chi connectivity index (χ1n) is 6.44. The second-order valence-corrected chi connectivity index (χ2v) is 4.85. The van der Waals surface area contributed by atoms with Crippen molar-refractivity contribution in [3.05, 3.63) is 65.2 Å². The summed E-state index contributed by atoms with van der Waals surface area (Å²) in [6.07, 6.45) is -3.63. The molecule has 2 aromatic rings. The summed E-state index contributed by atoms with van der Waals surface area (Å²) < 4.78 is 44.0. The summed E-state index contributed by atoms with van der Waals surface area (Å²) in [6.45, 7) is 0.526. The lowest BCUT2D eigenvalue weighted by Gasteiger charge is -2.27. The lowest BCUT2D eigenvalue weighted by Crippen LogP contribution is -2.16. The van der Waals surface area contributed by atoms with E-state index >= 15 is 0 Å². The Morgan fingerprint density at radius 2 is 1.75 bits per heavy atom. The molecular formula is C16H13F3O. The molecule has 1 heterocycles. The predicted octanol–water partition coefficient (Wildman–Crippen LogP) is 4.62. The fraction of sp³-hybridized carbons (Fsp3) is 0.250. The molecule has 0 aliphatic carbocycles. The summed E-state index contributed by atoms with van der Waals surface area (Å²) in [5.74, 6) is 0.514. The normalized spacial score (nSPS) is 18.2. The maximum absolute atomic E-state index is 12.8. The largest absolute Gasteiger partial charge is 0.493 e.